The van der Waals surface area contributed by atoms with Crippen LogP contribution in [0.2, 0.25) is 0 Å². The number of carbonyl (C=O) groups is 1. The van der Waals surface area contributed by atoms with E-state index >= 15 is 0 Å². The molecule has 0 amide bonds. The van der Waals surface area contributed by atoms with Crippen LogP contribution in [0, 0.1) is 6.92 Å². The van der Waals surface area contributed by atoms with E-state index in [-0.39, 0.29) is 12.3 Å². The Kier molecular flexibility index (Phi) is 4.49. The van der Waals surface area contributed by atoms with E-state index in [1.807, 2.05) is 6.92 Å². The first-order valence-electron chi connectivity index (χ1n) is 4.76. The number of carbonyl (C=O) groups excluding carboxylic acids is 1. The first-order chi connectivity index (χ1) is 7.85. The largest absolute Gasteiger partial charge is 0.465 e. The van der Waals surface area contributed by atoms with Crippen molar-refractivity contribution in [2.45, 2.75) is 6.92 Å². The van der Waals surface area contributed by atoms with Crippen molar-refractivity contribution >= 4 is 33.0 Å². The minimum atomic E-state index is -3.50. The topological polar surface area (TPSA) is 98.5 Å². The Morgan fingerprint density at radius 1 is 1.59 bits per heavy atom. The van der Waals surface area contributed by atoms with Crippen molar-refractivity contribution in [3.63, 3.8) is 0 Å². The van der Waals surface area contributed by atoms with Gasteiger partial charge in [-0.2, -0.15) is 0 Å². The molecule has 0 saturated carbocycles. The quantitative estimate of drug-likeness (QED) is 0.766. The molecule has 17 heavy (non-hydrogen) atoms. The summed E-state index contributed by atoms with van der Waals surface area (Å²) in [6, 6.07) is 0. The number of sulfonamides is 1. The summed E-state index contributed by atoms with van der Waals surface area (Å²) in [7, 11) is -2.21. The maximum absolute atomic E-state index is 11.4. The van der Waals surface area contributed by atoms with E-state index in [2.05, 4.69) is 10.1 Å². The Balaban J connectivity index is 2.77. The molecular formula is C9H14N2O4S2. The van der Waals surface area contributed by atoms with Gasteiger partial charge in [0.2, 0.25) is 10.0 Å². The van der Waals surface area contributed by atoms with Gasteiger partial charge in [0, 0.05) is 6.54 Å². The number of thiophene rings is 1. The van der Waals surface area contributed by atoms with Crippen LogP contribution < -0.4 is 10.5 Å². The lowest BCUT2D eigenvalue weighted by Gasteiger charge is -2.07. The van der Waals surface area contributed by atoms with Gasteiger partial charge in [-0.3, -0.25) is 0 Å². The Morgan fingerprint density at radius 3 is 2.76 bits per heavy atom. The standard InChI is InChI=1S/C9H14N2O4S2/c1-6-5-16-8(9(12)15-2)7(6)11-3-4-17(10,13)14/h5,11H,3-4H2,1-2H3,(H2,10,13,14). The number of hydrogen-bond donors (Lipinski definition) is 2. The van der Waals surface area contributed by atoms with Crippen molar-refractivity contribution in [2.24, 2.45) is 5.14 Å². The minimum absolute atomic E-state index is 0.153. The Hall–Kier alpha value is -1.12. The molecule has 8 heteroatoms. The van der Waals surface area contributed by atoms with Crippen LogP contribution in [0.5, 0.6) is 0 Å². The van der Waals surface area contributed by atoms with Crippen molar-refractivity contribution in [2.75, 3.05) is 24.7 Å². The van der Waals surface area contributed by atoms with Crippen LogP contribution in [-0.4, -0.2) is 33.8 Å². The zero-order valence-electron chi connectivity index (χ0n) is 9.52. The van der Waals surface area contributed by atoms with Crippen LogP contribution >= 0.6 is 11.3 Å². The summed E-state index contributed by atoms with van der Waals surface area (Å²) in [5.41, 5.74) is 1.47. The number of hydrogen-bond acceptors (Lipinski definition) is 6. The fourth-order valence-corrected chi connectivity index (χ4v) is 2.55. The molecule has 0 fully saturated rings. The van der Waals surface area contributed by atoms with E-state index in [1.54, 1.807) is 5.38 Å². The number of anilines is 1. The van der Waals surface area contributed by atoms with Crippen molar-refractivity contribution in [1.29, 1.82) is 0 Å². The second-order valence-electron chi connectivity index (χ2n) is 3.41. The molecule has 3 N–H and O–H groups in total. The molecule has 1 heterocycles. The summed E-state index contributed by atoms with van der Waals surface area (Å²) in [6.07, 6.45) is 0. The molecule has 0 unspecified atom stereocenters. The van der Waals surface area contributed by atoms with Crippen molar-refractivity contribution < 1.29 is 17.9 Å². The maximum Gasteiger partial charge on any atom is 0.350 e. The molecule has 0 saturated heterocycles. The molecule has 0 atom stereocenters. The van der Waals surface area contributed by atoms with Gasteiger partial charge in [-0.05, 0) is 17.9 Å². The SMILES string of the molecule is COC(=O)c1scc(C)c1NCCS(N)(=O)=O. The fourth-order valence-electron chi connectivity index (χ4n) is 1.23. The maximum atomic E-state index is 11.4. The number of primary sulfonamides is 1. The van der Waals surface area contributed by atoms with Gasteiger partial charge < -0.3 is 10.1 Å². The lowest BCUT2D eigenvalue weighted by molar-refractivity contribution is 0.0607. The first kappa shape index (κ1) is 13.9. The third-order valence-corrected chi connectivity index (χ3v) is 3.89. The summed E-state index contributed by atoms with van der Waals surface area (Å²) in [4.78, 5) is 11.8. The minimum Gasteiger partial charge on any atom is -0.465 e. The molecule has 96 valence electrons. The molecule has 1 aromatic rings. The average molecular weight is 278 g/mol. The van der Waals surface area contributed by atoms with Crippen LogP contribution in [0.15, 0.2) is 5.38 Å². The van der Waals surface area contributed by atoms with Gasteiger partial charge in [-0.15, -0.1) is 11.3 Å². The third kappa shape index (κ3) is 3.99. The fraction of sp³-hybridized carbons (Fsp3) is 0.444. The number of ether oxygens (including phenoxy) is 1. The van der Waals surface area contributed by atoms with Crippen molar-refractivity contribution in [1.82, 2.24) is 0 Å². The monoisotopic (exact) mass is 278 g/mol. The van der Waals surface area contributed by atoms with E-state index in [9.17, 15) is 13.2 Å². The summed E-state index contributed by atoms with van der Waals surface area (Å²) >= 11 is 1.25. The number of methoxy groups -OCH3 is 1. The second kappa shape index (κ2) is 5.48. The van der Waals surface area contributed by atoms with Crippen LogP contribution in [0.1, 0.15) is 15.2 Å². The molecule has 0 radical (unpaired) electrons. The highest BCUT2D eigenvalue weighted by Crippen LogP contribution is 2.27. The summed E-state index contributed by atoms with van der Waals surface area (Å²) in [6.45, 7) is 1.97. The predicted molar refractivity (Wildman–Crippen MR) is 66.9 cm³/mol. The Bertz CT molecular complexity index is 507. The van der Waals surface area contributed by atoms with Gasteiger partial charge in [-0.1, -0.05) is 0 Å². The number of nitrogens with two attached hydrogens (primary N) is 1. The van der Waals surface area contributed by atoms with E-state index in [0.29, 0.717) is 10.6 Å². The molecule has 1 rings (SSSR count). The highest BCUT2D eigenvalue weighted by Gasteiger charge is 2.16. The lowest BCUT2D eigenvalue weighted by Crippen LogP contribution is -2.22. The predicted octanol–water partition coefficient (Wildman–Crippen LogP) is 0.544. The van der Waals surface area contributed by atoms with Gasteiger partial charge in [0.05, 0.1) is 18.6 Å². The number of esters is 1. The summed E-state index contributed by atoms with van der Waals surface area (Å²) < 4.78 is 26.2. The smallest absolute Gasteiger partial charge is 0.350 e. The molecule has 0 aliphatic carbocycles. The van der Waals surface area contributed by atoms with Crippen molar-refractivity contribution in [3.05, 3.63) is 15.8 Å². The number of nitrogens with one attached hydrogen (secondary N) is 1. The van der Waals surface area contributed by atoms with Gasteiger partial charge in [0.1, 0.15) is 4.88 Å². The van der Waals surface area contributed by atoms with Crippen molar-refractivity contribution in [3.8, 4) is 0 Å². The molecular weight excluding hydrogens is 264 g/mol. The Morgan fingerprint density at radius 2 is 2.24 bits per heavy atom. The van der Waals surface area contributed by atoms with Crippen LogP contribution in [-0.2, 0) is 14.8 Å². The zero-order chi connectivity index (χ0) is 13.1. The van der Waals surface area contributed by atoms with Gasteiger partial charge >= 0.3 is 5.97 Å². The molecule has 0 aliphatic rings. The van der Waals surface area contributed by atoms with Crippen LogP contribution in [0.25, 0.3) is 0 Å². The van der Waals surface area contributed by atoms with Gasteiger partial charge in [0.15, 0.2) is 0 Å². The third-order valence-electron chi connectivity index (χ3n) is 2.03. The lowest BCUT2D eigenvalue weighted by atomic mass is 10.2. The normalized spacial score (nSPS) is 11.2. The zero-order valence-corrected chi connectivity index (χ0v) is 11.2. The summed E-state index contributed by atoms with van der Waals surface area (Å²) in [5.74, 6) is -0.635. The van der Waals surface area contributed by atoms with Crippen LogP contribution in [0.4, 0.5) is 5.69 Å². The van der Waals surface area contributed by atoms with Crippen LogP contribution in [0.3, 0.4) is 0 Å². The second-order valence-corrected chi connectivity index (χ2v) is 6.02. The highest BCUT2D eigenvalue weighted by molar-refractivity contribution is 7.89. The van der Waals surface area contributed by atoms with E-state index < -0.39 is 16.0 Å². The Labute approximate surface area is 104 Å². The molecule has 0 spiro atoms. The average Bonchev–Trinajstić information content (AvgIpc) is 2.58. The molecule has 0 aromatic carbocycles. The number of rotatable bonds is 5. The van der Waals surface area contributed by atoms with E-state index in [4.69, 9.17) is 5.14 Å². The molecule has 0 aliphatic heterocycles. The van der Waals surface area contributed by atoms with Gasteiger partial charge in [0.25, 0.3) is 0 Å². The van der Waals surface area contributed by atoms with E-state index in [0.717, 1.165) is 5.56 Å². The highest BCUT2D eigenvalue weighted by atomic mass is 32.2. The molecule has 6 nitrogen and oxygen atoms in total. The molecule has 0 bridgehead atoms. The number of aryl methyl sites for hydroxylation is 1. The summed E-state index contributed by atoms with van der Waals surface area (Å²) in [5, 5.41) is 9.56. The van der Waals surface area contributed by atoms with E-state index in [1.165, 1.54) is 18.4 Å². The molecule has 1 aromatic heterocycles. The first-order valence-corrected chi connectivity index (χ1v) is 7.35. The van der Waals surface area contributed by atoms with Gasteiger partial charge in [-0.25, -0.2) is 18.4 Å².